The molecule has 0 radical (unpaired) electrons. The molecule has 0 aliphatic rings. The number of sulfonamides is 1. The van der Waals surface area contributed by atoms with Gasteiger partial charge in [0.05, 0.1) is 21.5 Å². The molecule has 1 N–H and O–H groups in total. The van der Waals surface area contributed by atoms with E-state index in [1.807, 2.05) is 0 Å². The summed E-state index contributed by atoms with van der Waals surface area (Å²) in [5, 5.41) is 4.11. The lowest BCUT2D eigenvalue weighted by atomic mass is 10.4. The van der Waals surface area contributed by atoms with Crippen molar-refractivity contribution in [3.8, 4) is 0 Å². The molecule has 2 aromatic rings. The van der Waals surface area contributed by atoms with Crippen LogP contribution < -0.4 is 4.72 Å². The SMILES string of the molecule is Cc1nn(C)c(C)c1S(=O)(=O)Nc1ccncc1Br. The van der Waals surface area contributed by atoms with Gasteiger partial charge in [0.25, 0.3) is 10.0 Å². The molecule has 0 aliphatic heterocycles. The van der Waals surface area contributed by atoms with Gasteiger partial charge in [-0.05, 0) is 35.8 Å². The molecule has 0 atom stereocenters. The molecule has 2 heterocycles. The van der Waals surface area contributed by atoms with Crippen LogP contribution in [0.4, 0.5) is 5.69 Å². The van der Waals surface area contributed by atoms with Crippen molar-refractivity contribution in [3.05, 3.63) is 34.3 Å². The van der Waals surface area contributed by atoms with Crippen LogP contribution in [-0.2, 0) is 17.1 Å². The van der Waals surface area contributed by atoms with E-state index >= 15 is 0 Å². The van der Waals surface area contributed by atoms with E-state index in [1.165, 1.54) is 12.4 Å². The van der Waals surface area contributed by atoms with Crippen molar-refractivity contribution in [1.29, 1.82) is 0 Å². The second-order valence-corrected chi connectivity index (χ2v) is 6.56. The fraction of sp³-hybridized carbons (Fsp3) is 0.273. The van der Waals surface area contributed by atoms with Crippen LogP contribution in [0.3, 0.4) is 0 Å². The molecule has 2 aromatic heterocycles. The van der Waals surface area contributed by atoms with Gasteiger partial charge in [0.2, 0.25) is 0 Å². The Bertz CT molecular complexity index is 724. The summed E-state index contributed by atoms with van der Waals surface area (Å²) in [6, 6.07) is 1.59. The van der Waals surface area contributed by atoms with Crippen molar-refractivity contribution in [2.75, 3.05) is 4.72 Å². The van der Waals surface area contributed by atoms with Gasteiger partial charge >= 0.3 is 0 Å². The van der Waals surface area contributed by atoms with E-state index in [9.17, 15) is 8.42 Å². The normalized spacial score (nSPS) is 11.6. The van der Waals surface area contributed by atoms with Crippen LogP contribution in [0.2, 0.25) is 0 Å². The molecule has 0 saturated carbocycles. The topological polar surface area (TPSA) is 76.9 Å². The third-order valence-corrected chi connectivity index (χ3v) is 4.98. The monoisotopic (exact) mass is 344 g/mol. The van der Waals surface area contributed by atoms with Crippen molar-refractivity contribution in [2.45, 2.75) is 18.7 Å². The second-order valence-electron chi connectivity index (χ2n) is 4.08. The molecule has 0 fully saturated rings. The molecule has 0 aromatic carbocycles. The second kappa shape index (κ2) is 4.93. The van der Waals surface area contributed by atoms with E-state index in [4.69, 9.17) is 0 Å². The van der Waals surface area contributed by atoms with Crippen molar-refractivity contribution < 1.29 is 8.42 Å². The molecule has 0 saturated heterocycles. The van der Waals surface area contributed by atoms with Crippen LogP contribution in [-0.4, -0.2) is 23.2 Å². The number of pyridine rings is 1. The predicted molar refractivity (Wildman–Crippen MR) is 75.4 cm³/mol. The van der Waals surface area contributed by atoms with E-state index in [2.05, 4.69) is 30.7 Å². The van der Waals surface area contributed by atoms with Gasteiger partial charge in [-0.25, -0.2) is 8.42 Å². The first-order chi connectivity index (χ1) is 8.83. The van der Waals surface area contributed by atoms with E-state index in [1.54, 1.807) is 31.6 Å². The standard InChI is InChI=1S/C11H13BrN4O2S/c1-7-11(8(2)16(3)14-7)19(17,18)15-10-4-5-13-6-9(10)12/h4-6H,1-3H3,(H,13,15). The molecule has 0 aliphatic carbocycles. The Morgan fingerprint density at radius 1 is 1.37 bits per heavy atom. The van der Waals surface area contributed by atoms with Gasteiger partial charge in [-0.3, -0.25) is 14.4 Å². The number of rotatable bonds is 3. The van der Waals surface area contributed by atoms with Gasteiger partial charge in [-0.15, -0.1) is 0 Å². The summed E-state index contributed by atoms with van der Waals surface area (Å²) in [5.41, 5.74) is 1.51. The van der Waals surface area contributed by atoms with Crippen molar-refractivity contribution in [1.82, 2.24) is 14.8 Å². The zero-order valence-corrected chi connectivity index (χ0v) is 13.1. The fourth-order valence-electron chi connectivity index (χ4n) is 1.80. The highest BCUT2D eigenvalue weighted by atomic mass is 79.9. The molecule has 0 unspecified atom stereocenters. The smallest absolute Gasteiger partial charge is 0.265 e. The number of nitrogens with one attached hydrogen (secondary N) is 1. The molecule has 2 rings (SSSR count). The average molecular weight is 345 g/mol. The minimum atomic E-state index is -3.67. The van der Waals surface area contributed by atoms with E-state index in [0.29, 0.717) is 21.5 Å². The van der Waals surface area contributed by atoms with Crippen LogP contribution in [0.5, 0.6) is 0 Å². The Hall–Kier alpha value is -1.41. The van der Waals surface area contributed by atoms with Crippen molar-refractivity contribution >= 4 is 31.6 Å². The van der Waals surface area contributed by atoms with Gasteiger partial charge in [-0.1, -0.05) is 0 Å². The number of aromatic nitrogens is 3. The number of anilines is 1. The van der Waals surface area contributed by atoms with Gasteiger partial charge in [0.15, 0.2) is 0 Å². The summed E-state index contributed by atoms with van der Waals surface area (Å²) < 4.78 is 29.5. The van der Waals surface area contributed by atoms with Gasteiger partial charge in [0.1, 0.15) is 4.90 Å². The average Bonchev–Trinajstić information content (AvgIpc) is 2.56. The maximum atomic E-state index is 12.4. The zero-order chi connectivity index (χ0) is 14.2. The molecule has 0 amide bonds. The number of aryl methyl sites for hydroxylation is 2. The van der Waals surface area contributed by atoms with Crippen molar-refractivity contribution in [2.24, 2.45) is 7.05 Å². The quantitative estimate of drug-likeness (QED) is 0.923. The Morgan fingerprint density at radius 3 is 2.58 bits per heavy atom. The number of nitrogens with zero attached hydrogens (tertiary/aromatic N) is 3. The van der Waals surface area contributed by atoms with Crippen molar-refractivity contribution in [3.63, 3.8) is 0 Å². The number of halogens is 1. The number of hydrogen-bond donors (Lipinski definition) is 1. The van der Waals surface area contributed by atoms with E-state index in [-0.39, 0.29) is 4.90 Å². The summed E-state index contributed by atoms with van der Waals surface area (Å²) in [5.74, 6) is 0. The minimum absolute atomic E-state index is 0.207. The van der Waals surface area contributed by atoms with Gasteiger partial charge in [-0.2, -0.15) is 5.10 Å². The Morgan fingerprint density at radius 2 is 2.05 bits per heavy atom. The molecule has 0 spiro atoms. The third-order valence-electron chi connectivity index (χ3n) is 2.73. The first-order valence-electron chi connectivity index (χ1n) is 5.45. The molecule has 19 heavy (non-hydrogen) atoms. The largest absolute Gasteiger partial charge is 0.278 e. The lowest BCUT2D eigenvalue weighted by Crippen LogP contribution is -2.15. The van der Waals surface area contributed by atoms with E-state index in [0.717, 1.165) is 0 Å². The first kappa shape index (κ1) is 14.0. The summed E-state index contributed by atoms with van der Waals surface area (Å²) in [7, 11) is -1.96. The molecule has 0 bridgehead atoms. The third kappa shape index (κ3) is 2.64. The maximum Gasteiger partial charge on any atom is 0.265 e. The van der Waals surface area contributed by atoms with Crippen LogP contribution in [0, 0.1) is 13.8 Å². The summed E-state index contributed by atoms with van der Waals surface area (Å²) in [6.07, 6.45) is 3.05. The van der Waals surface area contributed by atoms with Gasteiger partial charge < -0.3 is 0 Å². The van der Waals surface area contributed by atoms with E-state index < -0.39 is 10.0 Å². The van der Waals surface area contributed by atoms with Crippen LogP contribution in [0.25, 0.3) is 0 Å². The van der Waals surface area contributed by atoms with Crippen LogP contribution in [0.1, 0.15) is 11.4 Å². The maximum absolute atomic E-state index is 12.4. The predicted octanol–water partition coefficient (Wildman–Crippen LogP) is 2.00. The number of hydrogen-bond acceptors (Lipinski definition) is 4. The molecular formula is C11H13BrN4O2S. The van der Waals surface area contributed by atoms with Crippen LogP contribution in [0.15, 0.2) is 27.8 Å². The highest BCUT2D eigenvalue weighted by Gasteiger charge is 2.24. The highest BCUT2D eigenvalue weighted by Crippen LogP contribution is 2.26. The Labute approximate surface area is 120 Å². The summed E-state index contributed by atoms with van der Waals surface area (Å²) >= 11 is 3.25. The fourth-order valence-corrected chi connectivity index (χ4v) is 3.80. The minimum Gasteiger partial charge on any atom is -0.278 e. The lowest BCUT2D eigenvalue weighted by Gasteiger charge is -2.09. The molecule has 6 nitrogen and oxygen atoms in total. The molecule has 102 valence electrons. The van der Waals surface area contributed by atoms with Crippen LogP contribution >= 0.6 is 15.9 Å². The Kier molecular flexibility index (Phi) is 3.64. The zero-order valence-electron chi connectivity index (χ0n) is 10.7. The highest BCUT2D eigenvalue weighted by molar-refractivity contribution is 9.10. The molecular weight excluding hydrogens is 332 g/mol. The summed E-state index contributed by atoms with van der Waals surface area (Å²) in [4.78, 5) is 4.10. The molecule has 8 heteroatoms. The Balaban J connectivity index is 2.47. The first-order valence-corrected chi connectivity index (χ1v) is 7.73. The van der Waals surface area contributed by atoms with Gasteiger partial charge in [0, 0.05) is 19.4 Å². The lowest BCUT2D eigenvalue weighted by molar-refractivity contribution is 0.599. The summed E-state index contributed by atoms with van der Waals surface area (Å²) in [6.45, 7) is 3.39.